The predicted octanol–water partition coefficient (Wildman–Crippen LogP) is -0.584. The molecule has 3 heterocycles. The molecule has 18 nitrogen and oxygen atoms in total. The molecule has 0 radical (unpaired) electrons. The number of benzene rings is 1. The highest BCUT2D eigenvalue weighted by molar-refractivity contribution is 5.69. The van der Waals surface area contributed by atoms with Gasteiger partial charge in [0.25, 0.3) is 16.7 Å². The lowest BCUT2D eigenvalue weighted by Gasteiger charge is -2.16. The molecule has 0 saturated carbocycles. The third-order valence-corrected chi connectivity index (χ3v) is 8.71. The van der Waals surface area contributed by atoms with Crippen LogP contribution in [-0.2, 0) is 67.9 Å². The van der Waals surface area contributed by atoms with E-state index in [0.717, 1.165) is 13.7 Å². The van der Waals surface area contributed by atoms with Crippen LogP contribution in [0, 0.1) is 20.8 Å². The smallest absolute Gasteiger partial charge is 0.331 e. The van der Waals surface area contributed by atoms with Crippen molar-refractivity contribution in [3.05, 3.63) is 133 Å². The van der Waals surface area contributed by atoms with Crippen molar-refractivity contribution in [2.45, 2.75) is 79.3 Å². The second kappa shape index (κ2) is 17.5. The Morgan fingerprint density at radius 1 is 0.463 bits per heavy atom. The number of carbonyl (C=O) groups is 3. The van der Waals surface area contributed by atoms with Crippen molar-refractivity contribution in [3.63, 3.8) is 0 Å². The summed E-state index contributed by atoms with van der Waals surface area (Å²) in [6.07, 6.45) is 3.65. The zero-order valence-electron chi connectivity index (χ0n) is 30.9. The van der Waals surface area contributed by atoms with Gasteiger partial charge >= 0.3 is 35.0 Å². The second-order valence-corrected chi connectivity index (χ2v) is 12.7. The fraction of sp³-hybridized carbons (Fsp3) is 0.417. The molecule has 18 heteroatoms. The van der Waals surface area contributed by atoms with Crippen LogP contribution >= 0.6 is 0 Å². The lowest BCUT2D eigenvalue weighted by atomic mass is 10.0. The highest BCUT2D eigenvalue weighted by Crippen LogP contribution is 2.14. The normalized spacial score (nSPS) is 11.0. The van der Waals surface area contributed by atoms with Crippen LogP contribution in [0.4, 0.5) is 0 Å². The zero-order chi connectivity index (χ0) is 39.9. The standard InChI is InChI=1S/C36H42N6O12/c1-22-16-37(10-7-28(43)52-4)34(49)40(31(22)46)19-25-13-26(20-41-32(47)23(2)17-38(35(41)50)11-8-29(44)53-5)15-27(14-25)21-42-33(48)24(3)18-39(36(42)51)12-9-30(45)54-6/h13-18H,7-12,19-21H2,1-6H3. The van der Waals surface area contributed by atoms with Gasteiger partial charge < -0.3 is 14.2 Å². The topological polar surface area (TPSA) is 211 Å². The van der Waals surface area contributed by atoms with Crippen LogP contribution in [0.15, 0.2) is 65.6 Å². The minimum absolute atomic E-state index is 0.0605. The Morgan fingerprint density at radius 2 is 0.704 bits per heavy atom. The first-order valence-electron chi connectivity index (χ1n) is 16.8. The van der Waals surface area contributed by atoms with Gasteiger partial charge in [-0.15, -0.1) is 0 Å². The van der Waals surface area contributed by atoms with Gasteiger partial charge in [-0.1, -0.05) is 18.2 Å². The molecule has 0 spiro atoms. The van der Waals surface area contributed by atoms with E-state index in [2.05, 4.69) is 14.2 Å². The van der Waals surface area contributed by atoms with Gasteiger partial charge in [0.15, 0.2) is 0 Å². The number of carbonyl (C=O) groups excluding carboxylic acids is 3. The first-order chi connectivity index (χ1) is 25.6. The summed E-state index contributed by atoms with van der Waals surface area (Å²) >= 11 is 0. The molecule has 0 fully saturated rings. The van der Waals surface area contributed by atoms with E-state index in [1.807, 2.05) is 0 Å². The average molecular weight is 751 g/mol. The Balaban J connectivity index is 1.87. The molecule has 0 bridgehead atoms. The van der Waals surface area contributed by atoms with E-state index in [0.29, 0.717) is 16.7 Å². The maximum absolute atomic E-state index is 13.5. The van der Waals surface area contributed by atoms with E-state index in [1.165, 1.54) is 74.4 Å². The summed E-state index contributed by atoms with van der Waals surface area (Å²) in [5, 5.41) is 0. The van der Waals surface area contributed by atoms with Crippen molar-refractivity contribution in [1.29, 1.82) is 0 Å². The summed E-state index contributed by atoms with van der Waals surface area (Å²) < 4.78 is 20.6. The summed E-state index contributed by atoms with van der Waals surface area (Å²) in [5.41, 5.74) is -2.25. The third kappa shape index (κ3) is 9.36. The van der Waals surface area contributed by atoms with Crippen molar-refractivity contribution >= 4 is 17.9 Å². The second-order valence-electron chi connectivity index (χ2n) is 12.7. The number of rotatable bonds is 15. The van der Waals surface area contributed by atoms with Gasteiger partial charge in [0.2, 0.25) is 0 Å². The molecule has 1 aromatic carbocycles. The Hall–Kier alpha value is -6.33. The molecule has 0 aliphatic rings. The zero-order valence-corrected chi connectivity index (χ0v) is 30.9. The highest BCUT2D eigenvalue weighted by atomic mass is 16.5. The molecule has 0 aliphatic carbocycles. The molecule has 0 amide bonds. The molecule has 0 atom stereocenters. The Labute approximate surface area is 307 Å². The Kier molecular flexibility index (Phi) is 13.1. The quantitative estimate of drug-likeness (QED) is 0.110. The van der Waals surface area contributed by atoms with Crippen LogP contribution in [0.3, 0.4) is 0 Å². The van der Waals surface area contributed by atoms with Crippen LogP contribution in [0.2, 0.25) is 0 Å². The molecule has 4 rings (SSSR count). The van der Waals surface area contributed by atoms with Gasteiger partial charge in [-0.3, -0.25) is 56.2 Å². The predicted molar refractivity (Wildman–Crippen MR) is 193 cm³/mol. The van der Waals surface area contributed by atoms with Gasteiger partial charge in [0.1, 0.15) is 0 Å². The molecule has 4 aromatic rings. The van der Waals surface area contributed by atoms with Crippen LogP contribution in [0.5, 0.6) is 0 Å². The van der Waals surface area contributed by atoms with Crippen LogP contribution in [-0.4, -0.2) is 66.6 Å². The summed E-state index contributed by atoms with van der Waals surface area (Å²) in [6.45, 7) is 3.47. The number of hydrogen-bond acceptors (Lipinski definition) is 12. The van der Waals surface area contributed by atoms with Crippen molar-refractivity contribution in [1.82, 2.24) is 27.4 Å². The first-order valence-corrected chi connectivity index (χ1v) is 16.8. The SMILES string of the molecule is COC(=O)CCn1cc(C)c(=O)n(Cc2cc(Cn3c(=O)c(C)cn(CCC(=O)OC)c3=O)cc(Cn3c(=O)c(C)cn(CCC(=O)OC)c3=O)c2)c1=O. The number of methoxy groups -OCH3 is 3. The molecule has 0 N–H and O–H groups in total. The van der Waals surface area contributed by atoms with Gasteiger partial charge in [0, 0.05) is 54.9 Å². The summed E-state index contributed by atoms with van der Waals surface area (Å²) in [6, 6.07) is 4.74. The van der Waals surface area contributed by atoms with E-state index in [4.69, 9.17) is 0 Å². The lowest BCUT2D eigenvalue weighted by Crippen LogP contribution is -2.42. The molecule has 288 valence electrons. The van der Waals surface area contributed by atoms with Crippen LogP contribution in [0.1, 0.15) is 52.6 Å². The number of ether oxygens (including phenoxy) is 3. The van der Waals surface area contributed by atoms with Gasteiger partial charge in [-0.05, 0) is 37.5 Å². The van der Waals surface area contributed by atoms with E-state index < -0.39 is 51.7 Å². The monoisotopic (exact) mass is 750 g/mol. The van der Waals surface area contributed by atoms with Crippen molar-refractivity contribution in [2.75, 3.05) is 21.3 Å². The van der Waals surface area contributed by atoms with Gasteiger partial charge in [-0.25, -0.2) is 14.4 Å². The number of nitrogens with zero attached hydrogens (tertiary/aromatic N) is 6. The minimum atomic E-state index is -0.715. The fourth-order valence-corrected chi connectivity index (χ4v) is 5.90. The average Bonchev–Trinajstić information content (AvgIpc) is 3.15. The summed E-state index contributed by atoms with van der Waals surface area (Å²) in [7, 11) is 3.65. The lowest BCUT2D eigenvalue weighted by molar-refractivity contribution is -0.141. The fourth-order valence-electron chi connectivity index (χ4n) is 5.90. The minimum Gasteiger partial charge on any atom is -0.469 e. The molecule has 0 saturated heterocycles. The Bertz CT molecular complexity index is 2180. The summed E-state index contributed by atoms with van der Waals surface area (Å²) in [4.78, 5) is 116. The molecule has 0 aliphatic heterocycles. The molecular weight excluding hydrogens is 708 g/mol. The largest absolute Gasteiger partial charge is 0.469 e. The summed E-state index contributed by atoms with van der Waals surface area (Å²) in [5.74, 6) is -1.66. The number of hydrogen-bond donors (Lipinski definition) is 0. The van der Waals surface area contributed by atoms with E-state index >= 15 is 0 Å². The van der Waals surface area contributed by atoms with Gasteiger partial charge in [0.05, 0.1) is 60.2 Å². The first kappa shape index (κ1) is 40.4. The maximum atomic E-state index is 13.5. The number of aryl methyl sites for hydroxylation is 6. The van der Waals surface area contributed by atoms with Crippen molar-refractivity contribution < 1.29 is 28.6 Å². The molecule has 0 unspecified atom stereocenters. The number of esters is 3. The molecule has 54 heavy (non-hydrogen) atoms. The van der Waals surface area contributed by atoms with E-state index in [9.17, 15) is 43.2 Å². The van der Waals surface area contributed by atoms with Crippen LogP contribution in [0.25, 0.3) is 0 Å². The van der Waals surface area contributed by atoms with Crippen molar-refractivity contribution in [3.8, 4) is 0 Å². The number of aromatic nitrogens is 6. The van der Waals surface area contributed by atoms with Crippen molar-refractivity contribution in [2.24, 2.45) is 0 Å². The van der Waals surface area contributed by atoms with E-state index in [-0.39, 0.29) is 75.2 Å². The van der Waals surface area contributed by atoms with Crippen LogP contribution < -0.4 is 33.7 Å². The van der Waals surface area contributed by atoms with Gasteiger partial charge in [-0.2, -0.15) is 0 Å². The molecule has 3 aromatic heterocycles. The Morgan fingerprint density at radius 3 is 0.926 bits per heavy atom. The highest BCUT2D eigenvalue weighted by Gasteiger charge is 2.17. The van der Waals surface area contributed by atoms with E-state index in [1.54, 1.807) is 18.2 Å². The third-order valence-electron chi connectivity index (χ3n) is 8.71. The maximum Gasteiger partial charge on any atom is 0.331 e. The molecular formula is C36H42N6O12.